The summed E-state index contributed by atoms with van der Waals surface area (Å²) in [6, 6.07) is -0.283. The number of carbonyl (C=O) groups is 2. The number of rotatable bonds is 4. The SMILES string of the molecule is CC(C)C(N)CC(=O)C(=O)NN. The fourth-order valence-electron chi connectivity index (χ4n) is 0.623. The molecule has 0 heterocycles. The van der Waals surface area contributed by atoms with E-state index in [0.717, 1.165) is 0 Å². The van der Waals surface area contributed by atoms with E-state index in [9.17, 15) is 9.59 Å². The molecule has 0 aliphatic heterocycles. The fraction of sp³-hybridized carbons (Fsp3) is 0.714. The van der Waals surface area contributed by atoms with Crippen LogP contribution in [-0.4, -0.2) is 17.7 Å². The maximum absolute atomic E-state index is 10.9. The molecule has 1 amide bonds. The summed E-state index contributed by atoms with van der Waals surface area (Å²) in [6.45, 7) is 3.77. The van der Waals surface area contributed by atoms with Gasteiger partial charge in [-0.1, -0.05) is 13.8 Å². The van der Waals surface area contributed by atoms with E-state index < -0.39 is 11.7 Å². The predicted molar refractivity (Wildman–Crippen MR) is 44.8 cm³/mol. The van der Waals surface area contributed by atoms with Gasteiger partial charge in [-0.3, -0.25) is 15.0 Å². The molecule has 0 aromatic carbocycles. The van der Waals surface area contributed by atoms with Gasteiger partial charge in [-0.25, -0.2) is 5.84 Å². The van der Waals surface area contributed by atoms with Crippen LogP contribution in [0.5, 0.6) is 0 Å². The number of Topliss-reactive ketones (excluding diaryl/α,β-unsaturated/α-hetero) is 1. The Kier molecular flexibility index (Phi) is 4.46. The predicted octanol–water partition coefficient (Wildman–Crippen LogP) is -1.08. The molecular weight excluding hydrogens is 158 g/mol. The summed E-state index contributed by atoms with van der Waals surface area (Å²) >= 11 is 0. The molecule has 0 saturated carbocycles. The molecule has 12 heavy (non-hydrogen) atoms. The zero-order chi connectivity index (χ0) is 9.72. The quantitative estimate of drug-likeness (QED) is 0.218. The van der Waals surface area contributed by atoms with Gasteiger partial charge in [-0.15, -0.1) is 0 Å². The van der Waals surface area contributed by atoms with Crippen LogP contribution >= 0.6 is 0 Å². The number of nitrogens with one attached hydrogen (secondary N) is 1. The van der Waals surface area contributed by atoms with Gasteiger partial charge in [0.2, 0.25) is 5.78 Å². The zero-order valence-corrected chi connectivity index (χ0v) is 7.33. The first-order valence-electron chi connectivity index (χ1n) is 3.78. The van der Waals surface area contributed by atoms with Crippen molar-refractivity contribution in [3.63, 3.8) is 0 Å². The van der Waals surface area contributed by atoms with Gasteiger partial charge in [0.1, 0.15) is 0 Å². The highest BCUT2D eigenvalue weighted by Gasteiger charge is 2.17. The first-order valence-corrected chi connectivity index (χ1v) is 3.78. The third-order valence-electron chi connectivity index (χ3n) is 1.66. The van der Waals surface area contributed by atoms with E-state index in [1.807, 2.05) is 13.8 Å². The van der Waals surface area contributed by atoms with Crippen LogP contribution in [0, 0.1) is 5.92 Å². The monoisotopic (exact) mass is 173 g/mol. The number of carbonyl (C=O) groups excluding carboxylic acids is 2. The van der Waals surface area contributed by atoms with Crippen LogP contribution < -0.4 is 17.0 Å². The molecule has 0 aromatic rings. The lowest BCUT2D eigenvalue weighted by Crippen LogP contribution is -2.40. The first kappa shape index (κ1) is 11.1. The third-order valence-corrected chi connectivity index (χ3v) is 1.66. The van der Waals surface area contributed by atoms with Gasteiger partial charge in [0, 0.05) is 12.5 Å². The van der Waals surface area contributed by atoms with Crippen molar-refractivity contribution in [1.29, 1.82) is 0 Å². The van der Waals surface area contributed by atoms with Crippen LogP contribution in [0.4, 0.5) is 0 Å². The zero-order valence-electron chi connectivity index (χ0n) is 7.33. The number of hydrogen-bond acceptors (Lipinski definition) is 4. The Balaban J connectivity index is 3.92. The van der Waals surface area contributed by atoms with E-state index in [1.54, 1.807) is 5.43 Å². The van der Waals surface area contributed by atoms with Gasteiger partial charge in [0.05, 0.1) is 0 Å². The largest absolute Gasteiger partial charge is 0.327 e. The lowest BCUT2D eigenvalue weighted by molar-refractivity contribution is -0.138. The van der Waals surface area contributed by atoms with Crippen LogP contribution in [0.15, 0.2) is 0 Å². The van der Waals surface area contributed by atoms with Gasteiger partial charge >= 0.3 is 5.91 Å². The molecule has 5 heteroatoms. The second-order valence-electron chi connectivity index (χ2n) is 3.01. The van der Waals surface area contributed by atoms with E-state index in [-0.39, 0.29) is 18.4 Å². The molecule has 70 valence electrons. The van der Waals surface area contributed by atoms with Crippen LogP contribution in [0.1, 0.15) is 20.3 Å². The van der Waals surface area contributed by atoms with Crippen LogP contribution in [0.25, 0.3) is 0 Å². The van der Waals surface area contributed by atoms with Crippen molar-refractivity contribution in [3.8, 4) is 0 Å². The van der Waals surface area contributed by atoms with Crippen LogP contribution in [0.3, 0.4) is 0 Å². The van der Waals surface area contributed by atoms with Crippen LogP contribution in [-0.2, 0) is 9.59 Å². The highest BCUT2D eigenvalue weighted by atomic mass is 16.2. The van der Waals surface area contributed by atoms with E-state index in [0.29, 0.717) is 0 Å². The number of ketones is 1. The van der Waals surface area contributed by atoms with Gasteiger partial charge in [0.25, 0.3) is 0 Å². The second kappa shape index (κ2) is 4.84. The molecule has 0 spiro atoms. The lowest BCUT2D eigenvalue weighted by atomic mass is 10.00. The minimum absolute atomic E-state index is 0.0424. The fourth-order valence-corrected chi connectivity index (χ4v) is 0.623. The van der Waals surface area contributed by atoms with Gasteiger partial charge in [-0.2, -0.15) is 0 Å². The van der Waals surface area contributed by atoms with Crippen molar-refractivity contribution in [2.75, 3.05) is 0 Å². The Labute approximate surface area is 71.5 Å². The van der Waals surface area contributed by atoms with Crippen molar-refractivity contribution < 1.29 is 9.59 Å². The molecule has 0 radical (unpaired) electrons. The highest BCUT2D eigenvalue weighted by Crippen LogP contribution is 2.02. The number of amides is 1. The topological polar surface area (TPSA) is 98.2 Å². The molecule has 5 nitrogen and oxygen atoms in total. The standard InChI is InChI=1S/C7H15N3O2/c1-4(2)5(8)3-6(11)7(12)10-9/h4-5H,3,8-9H2,1-2H3,(H,10,12). The molecule has 0 fully saturated rings. The minimum Gasteiger partial charge on any atom is -0.327 e. The molecule has 0 aliphatic rings. The number of nitrogens with two attached hydrogens (primary N) is 2. The molecule has 0 bridgehead atoms. The average molecular weight is 173 g/mol. The summed E-state index contributed by atoms with van der Waals surface area (Å²) in [5.41, 5.74) is 7.33. The molecule has 1 unspecified atom stereocenters. The second-order valence-corrected chi connectivity index (χ2v) is 3.01. The maximum Gasteiger partial charge on any atom is 0.301 e. The summed E-state index contributed by atoms with van der Waals surface area (Å²) < 4.78 is 0. The Morgan fingerprint density at radius 2 is 1.92 bits per heavy atom. The maximum atomic E-state index is 10.9. The van der Waals surface area contributed by atoms with E-state index in [4.69, 9.17) is 11.6 Å². The van der Waals surface area contributed by atoms with E-state index >= 15 is 0 Å². The molecule has 0 saturated heterocycles. The summed E-state index contributed by atoms with van der Waals surface area (Å²) in [4.78, 5) is 21.5. The first-order chi connectivity index (χ1) is 5.49. The molecule has 0 aliphatic carbocycles. The average Bonchev–Trinajstić information content (AvgIpc) is 2.02. The normalized spacial score (nSPS) is 12.8. The summed E-state index contributed by atoms with van der Waals surface area (Å²) in [5, 5.41) is 0. The Bertz CT molecular complexity index is 179. The van der Waals surface area contributed by atoms with Crippen molar-refractivity contribution in [2.45, 2.75) is 26.3 Å². The molecular formula is C7H15N3O2. The minimum atomic E-state index is -0.786. The number of hydrogen-bond donors (Lipinski definition) is 3. The summed E-state index contributed by atoms with van der Waals surface area (Å²) in [5.74, 6) is 3.59. The van der Waals surface area contributed by atoms with Crippen LogP contribution in [0.2, 0.25) is 0 Å². The van der Waals surface area contributed by atoms with Gasteiger partial charge in [0.15, 0.2) is 0 Å². The van der Waals surface area contributed by atoms with Crippen molar-refractivity contribution >= 4 is 11.7 Å². The van der Waals surface area contributed by atoms with Gasteiger partial charge < -0.3 is 5.73 Å². The number of hydrazine groups is 1. The van der Waals surface area contributed by atoms with E-state index in [1.165, 1.54) is 0 Å². The van der Waals surface area contributed by atoms with Crippen molar-refractivity contribution in [1.82, 2.24) is 5.43 Å². The highest BCUT2D eigenvalue weighted by molar-refractivity contribution is 6.36. The van der Waals surface area contributed by atoms with Crippen molar-refractivity contribution in [3.05, 3.63) is 0 Å². The summed E-state index contributed by atoms with van der Waals surface area (Å²) in [7, 11) is 0. The Morgan fingerprint density at radius 3 is 2.25 bits per heavy atom. The van der Waals surface area contributed by atoms with Gasteiger partial charge in [-0.05, 0) is 5.92 Å². The van der Waals surface area contributed by atoms with E-state index in [2.05, 4.69) is 0 Å². The smallest absolute Gasteiger partial charge is 0.301 e. The van der Waals surface area contributed by atoms with Crippen molar-refractivity contribution in [2.24, 2.45) is 17.5 Å². The molecule has 0 aromatic heterocycles. The lowest BCUT2D eigenvalue weighted by Gasteiger charge is -2.13. The Hall–Kier alpha value is -0.940. The Morgan fingerprint density at radius 1 is 1.42 bits per heavy atom. The molecule has 5 N–H and O–H groups in total. The third kappa shape index (κ3) is 3.45. The molecule has 1 atom stereocenters. The summed E-state index contributed by atoms with van der Waals surface area (Å²) in [6.07, 6.45) is 0.0424. The molecule has 0 rings (SSSR count).